The number of hydrogen-bond donors (Lipinski definition) is 1. The van der Waals surface area contributed by atoms with Crippen LogP contribution in [0.15, 0.2) is 60.8 Å². The second kappa shape index (κ2) is 7.70. The Kier molecular flexibility index (Phi) is 5.17. The molecule has 26 heavy (non-hydrogen) atoms. The van der Waals surface area contributed by atoms with Crippen molar-refractivity contribution in [1.82, 2.24) is 4.98 Å². The lowest BCUT2D eigenvalue weighted by Crippen LogP contribution is -2.23. The van der Waals surface area contributed by atoms with Crippen LogP contribution in [0.2, 0.25) is 0 Å². The lowest BCUT2D eigenvalue weighted by atomic mass is 10.1. The minimum atomic E-state index is -0.885. The van der Waals surface area contributed by atoms with Gasteiger partial charge in [-0.15, -0.1) is 0 Å². The Balaban J connectivity index is 1.69. The average Bonchev–Trinajstić information content (AvgIpc) is 3.10. The second-order valence-electron chi connectivity index (χ2n) is 5.77. The van der Waals surface area contributed by atoms with Gasteiger partial charge >= 0.3 is 5.97 Å². The number of nitrogens with one attached hydrogen (secondary N) is 1. The van der Waals surface area contributed by atoms with E-state index in [1.54, 1.807) is 32.4 Å². The zero-order valence-corrected chi connectivity index (χ0v) is 14.6. The molecule has 0 aliphatic heterocycles. The molecule has 5 nitrogen and oxygen atoms in total. The molecule has 5 heteroatoms. The number of para-hydroxylation sites is 2. The van der Waals surface area contributed by atoms with E-state index in [1.807, 2.05) is 42.5 Å². The molecule has 0 aliphatic rings. The minimum absolute atomic E-state index is 0.249. The second-order valence-corrected chi connectivity index (χ2v) is 5.77. The number of hydrogen-bond acceptors (Lipinski definition) is 4. The van der Waals surface area contributed by atoms with Gasteiger partial charge in [0.15, 0.2) is 6.10 Å². The fourth-order valence-corrected chi connectivity index (χ4v) is 2.72. The summed E-state index contributed by atoms with van der Waals surface area (Å²) in [5, 5.41) is 0.810. The molecule has 0 fully saturated rings. The van der Waals surface area contributed by atoms with Gasteiger partial charge in [-0.1, -0.05) is 36.4 Å². The van der Waals surface area contributed by atoms with E-state index in [-0.39, 0.29) is 5.78 Å². The number of carbonyl (C=O) groups excluding carboxylic acids is 2. The summed E-state index contributed by atoms with van der Waals surface area (Å²) in [5.74, 6) is -0.183. The van der Waals surface area contributed by atoms with E-state index in [9.17, 15) is 9.59 Å². The smallest absolute Gasteiger partial charge is 0.331 e. The number of carbonyl (C=O) groups is 2. The highest BCUT2D eigenvalue weighted by atomic mass is 16.5. The number of benzene rings is 2. The van der Waals surface area contributed by atoms with Gasteiger partial charge < -0.3 is 14.5 Å². The molecule has 0 saturated heterocycles. The van der Waals surface area contributed by atoms with Gasteiger partial charge in [0, 0.05) is 34.3 Å². The number of aromatic amines is 1. The molecule has 1 aromatic heterocycles. The van der Waals surface area contributed by atoms with Gasteiger partial charge in [0.25, 0.3) is 0 Å². The highest BCUT2D eigenvalue weighted by Gasteiger charge is 2.21. The van der Waals surface area contributed by atoms with Crippen LogP contribution < -0.4 is 4.74 Å². The van der Waals surface area contributed by atoms with Crippen molar-refractivity contribution >= 4 is 28.7 Å². The normalized spacial score (nSPS) is 12.2. The molecule has 2 aromatic carbocycles. The van der Waals surface area contributed by atoms with Crippen molar-refractivity contribution in [1.29, 1.82) is 0 Å². The number of ketones is 1. The molecule has 0 aliphatic carbocycles. The Hall–Kier alpha value is -3.34. The maximum atomic E-state index is 12.6. The quantitative estimate of drug-likeness (QED) is 0.415. The van der Waals surface area contributed by atoms with Crippen LogP contribution in [0.5, 0.6) is 5.75 Å². The van der Waals surface area contributed by atoms with Crippen LogP contribution in [0.3, 0.4) is 0 Å². The summed E-state index contributed by atoms with van der Waals surface area (Å²) in [6.45, 7) is 1.57. The first-order valence-corrected chi connectivity index (χ1v) is 8.22. The predicted molar refractivity (Wildman–Crippen MR) is 100 cm³/mol. The molecule has 0 amide bonds. The molecule has 132 valence electrons. The Bertz CT molecular complexity index is 971. The lowest BCUT2D eigenvalue weighted by Gasteiger charge is -2.10. The number of esters is 1. The van der Waals surface area contributed by atoms with Crippen molar-refractivity contribution in [3.8, 4) is 5.75 Å². The van der Waals surface area contributed by atoms with Crippen LogP contribution in [-0.2, 0) is 9.53 Å². The molecule has 0 bridgehead atoms. The number of aromatic nitrogens is 1. The largest absolute Gasteiger partial charge is 0.496 e. The SMILES string of the molecule is COc1ccccc1/C=C/C(=O)O[C@@H](C)C(=O)c1c[nH]c2ccccc12. The summed E-state index contributed by atoms with van der Waals surface area (Å²) in [4.78, 5) is 27.7. The maximum absolute atomic E-state index is 12.6. The molecular formula is C21H19NO4. The molecular weight excluding hydrogens is 330 g/mol. The van der Waals surface area contributed by atoms with Crippen LogP contribution in [0.25, 0.3) is 17.0 Å². The van der Waals surface area contributed by atoms with Gasteiger partial charge in [0.05, 0.1) is 7.11 Å². The van der Waals surface area contributed by atoms with Gasteiger partial charge in [-0.25, -0.2) is 4.79 Å². The lowest BCUT2D eigenvalue weighted by molar-refractivity contribution is -0.140. The number of Topliss-reactive ketones (excluding diaryl/α,β-unsaturated/α-hetero) is 1. The molecule has 0 unspecified atom stereocenters. The van der Waals surface area contributed by atoms with E-state index in [2.05, 4.69) is 4.98 Å². The molecule has 1 N–H and O–H groups in total. The highest BCUT2D eigenvalue weighted by Crippen LogP contribution is 2.21. The summed E-state index contributed by atoms with van der Waals surface area (Å²) in [6, 6.07) is 14.8. The molecule has 0 radical (unpaired) electrons. The maximum Gasteiger partial charge on any atom is 0.331 e. The topological polar surface area (TPSA) is 68.4 Å². The van der Waals surface area contributed by atoms with E-state index in [4.69, 9.17) is 9.47 Å². The summed E-state index contributed by atoms with van der Waals surface area (Å²) >= 11 is 0. The van der Waals surface area contributed by atoms with Gasteiger partial charge in [-0.3, -0.25) is 4.79 Å². The van der Waals surface area contributed by atoms with E-state index in [1.165, 1.54) is 6.08 Å². The van der Waals surface area contributed by atoms with Crippen molar-refractivity contribution in [2.24, 2.45) is 0 Å². The monoisotopic (exact) mass is 349 g/mol. The summed E-state index contributed by atoms with van der Waals surface area (Å²) in [5.41, 5.74) is 2.13. The number of H-pyrrole nitrogens is 1. The third-order valence-corrected chi connectivity index (χ3v) is 4.05. The van der Waals surface area contributed by atoms with Crippen LogP contribution in [0.4, 0.5) is 0 Å². The van der Waals surface area contributed by atoms with Crippen molar-refractivity contribution in [3.05, 3.63) is 71.9 Å². The van der Waals surface area contributed by atoms with E-state index in [0.29, 0.717) is 11.3 Å². The first-order chi connectivity index (χ1) is 12.6. The zero-order chi connectivity index (χ0) is 18.5. The molecule has 1 heterocycles. The van der Waals surface area contributed by atoms with Gasteiger partial charge in [0.2, 0.25) is 5.78 Å². The highest BCUT2D eigenvalue weighted by molar-refractivity contribution is 6.10. The molecule has 3 aromatic rings. The average molecular weight is 349 g/mol. The molecule has 1 atom stereocenters. The van der Waals surface area contributed by atoms with Gasteiger partial charge in [0.1, 0.15) is 5.75 Å². The van der Waals surface area contributed by atoms with Crippen molar-refractivity contribution in [3.63, 3.8) is 0 Å². The van der Waals surface area contributed by atoms with Gasteiger partial charge in [-0.2, -0.15) is 0 Å². The first-order valence-electron chi connectivity index (χ1n) is 8.22. The van der Waals surface area contributed by atoms with Crippen LogP contribution in [0.1, 0.15) is 22.8 Å². The molecule has 3 rings (SSSR count). The molecule has 0 spiro atoms. The van der Waals surface area contributed by atoms with Crippen LogP contribution in [0, 0.1) is 0 Å². The van der Waals surface area contributed by atoms with Gasteiger partial charge in [-0.05, 0) is 25.1 Å². The van der Waals surface area contributed by atoms with Crippen LogP contribution >= 0.6 is 0 Å². The fraction of sp³-hybridized carbons (Fsp3) is 0.143. The third kappa shape index (κ3) is 3.67. The van der Waals surface area contributed by atoms with E-state index in [0.717, 1.165) is 16.5 Å². The summed E-state index contributed by atoms with van der Waals surface area (Å²) in [6.07, 6.45) is 3.65. The molecule has 0 saturated carbocycles. The fourth-order valence-electron chi connectivity index (χ4n) is 2.72. The first kappa shape index (κ1) is 17.5. The Labute approximate surface area is 151 Å². The number of ether oxygens (including phenoxy) is 2. The van der Waals surface area contributed by atoms with Crippen molar-refractivity contribution in [2.75, 3.05) is 7.11 Å². The van der Waals surface area contributed by atoms with Crippen molar-refractivity contribution in [2.45, 2.75) is 13.0 Å². The predicted octanol–water partition coefficient (Wildman–Crippen LogP) is 4.00. The summed E-state index contributed by atoms with van der Waals surface area (Å²) < 4.78 is 10.5. The Morgan fingerprint density at radius 2 is 1.81 bits per heavy atom. The van der Waals surface area contributed by atoms with Crippen LogP contribution in [-0.4, -0.2) is 30.0 Å². The standard InChI is InChI=1S/C21H19NO4/c1-14(21(24)17-13-22-18-9-5-4-8-16(17)18)26-20(23)12-11-15-7-3-6-10-19(15)25-2/h3-14,22H,1-2H3/b12-11+/t14-/m0/s1. The third-order valence-electron chi connectivity index (χ3n) is 4.05. The minimum Gasteiger partial charge on any atom is -0.496 e. The van der Waals surface area contributed by atoms with E-state index < -0.39 is 12.1 Å². The number of fused-ring (bicyclic) bond motifs is 1. The summed E-state index contributed by atoms with van der Waals surface area (Å²) in [7, 11) is 1.56. The number of rotatable bonds is 6. The number of methoxy groups -OCH3 is 1. The van der Waals surface area contributed by atoms with Crippen molar-refractivity contribution < 1.29 is 19.1 Å². The zero-order valence-electron chi connectivity index (χ0n) is 14.6. The Morgan fingerprint density at radius 1 is 1.08 bits per heavy atom. The van der Waals surface area contributed by atoms with E-state index >= 15 is 0 Å². The Morgan fingerprint density at radius 3 is 2.62 bits per heavy atom.